The van der Waals surface area contributed by atoms with Crippen molar-refractivity contribution in [2.45, 2.75) is 26.7 Å². The maximum atomic E-state index is 12.5. The quantitative estimate of drug-likeness (QED) is 0.178. The van der Waals surface area contributed by atoms with E-state index in [1.807, 2.05) is 12.1 Å². The topological polar surface area (TPSA) is 69.7 Å². The van der Waals surface area contributed by atoms with Crippen LogP contribution >= 0.6 is 0 Å². The Morgan fingerprint density at radius 2 is 1.39 bits per heavy atom. The number of aryl methyl sites for hydroxylation is 1. The summed E-state index contributed by atoms with van der Waals surface area (Å²) in [6.45, 7) is 3.51. The van der Waals surface area contributed by atoms with Crippen molar-refractivity contribution in [2.24, 2.45) is 5.92 Å². The highest BCUT2D eigenvalue weighted by atomic mass is 16.5. The van der Waals surface area contributed by atoms with Crippen molar-refractivity contribution < 1.29 is 23.9 Å². The Morgan fingerprint density at radius 1 is 0.774 bits per heavy atom. The summed E-state index contributed by atoms with van der Waals surface area (Å²) >= 11 is 0. The number of ketones is 1. The SMILES string of the molecule is CCOC(=O)C(=O)[C@H](CCc1ccc2ccc3cccc4ccc1c2c34)C(=O)OCC. The largest absolute Gasteiger partial charge is 0.465 e. The zero-order valence-electron chi connectivity index (χ0n) is 17.6. The van der Waals surface area contributed by atoms with Crippen molar-refractivity contribution in [3.8, 4) is 0 Å². The molecule has 31 heavy (non-hydrogen) atoms. The molecule has 0 radical (unpaired) electrons. The summed E-state index contributed by atoms with van der Waals surface area (Å²) in [5.41, 5.74) is 1.02. The van der Waals surface area contributed by atoms with E-state index in [-0.39, 0.29) is 19.6 Å². The van der Waals surface area contributed by atoms with Gasteiger partial charge in [-0.1, -0.05) is 54.6 Å². The minimum Gasteiger partial charge on any atom is -0.465 e. The number of rotatable bonds is 8. The van der Waals surface area contributed by atoms with E-state index in [1.165, 1.54) is 21.5 Å². The van der Waals surface area contributed by atoms with Gasteiger partial charge in [0.05, 0.1) is 13.2 Å². The second-order valence-electron chi connectivity index (χ2n) is 7.51. The molecule has 0 saturated carbocycles. The number of ether oxygens (including phenoxy) is 2. The Balaban J connectivity index is 1.70. The number of Topliss-reactive ketones (excluding diaryl/α,β-unsaturated/α-hetero) is 1. The summed E-state index contributed by atoms with van der Waals surface area (Å²) in [5.74, 6) is -3.69. The third kappa shape index (κ3) is 3.83. The third-order valence-electron chi connectivity index (χ3n) is 5.69. The number of hydrogen-bond acceptors (Lipinski definition) is 5. The number of carbonyl (C=O) groups excluding carboxylic acids is 3. The summed E-state index contributed by atoms with van der Waals surface area (Å²) in [6.07, 6.45) is 0.642. The van der Waals surface area contributed by atoms with Crippen LogP contribution in [0.4, 0.5) is 0 Å². The summed E-state index contributed by atoms with van der Waals surface area (Å²) < 4.78 is 9.87. The first-order valence-corrected chi connectivity index (χ1v) is 10.6. The van der Waals surface area contributed by atoms with Crippen LogP contribution in [-0.4, -0.2) is 30.9 Å². The maximum Gasteiger partial charge on any atom is 0.375 e. The highest BCUT2D eigenvalue weighted by Gasteiger charge is 2.33. The fraction of sp³-hybridized carbons (Fsp3) is 0.269. The first kappa shape index (κ1) is 20.8. The lowest BCUT2D eigenvalue weighted by atomic mass is 9.89. The summed E-state index contributed by atoms with van der Waals surface area (Å²) in [7, 11) is 0. The summed E-state index contributed by atoms with van der Waals surface area (Å²) in [6, 6.07) is 18.8. The molecular formula is C26H24O5. The molecule has 0 fully saturated rings. The normalized spacial score (nSPS) is 12.3. The molecule has 0 aliphatic heterocycles. The first-order chi connectivity index (χ1) is 15.0. The van der Waals surface area contributed by atoms with Gasteiger partial charge in [-0.05, 0) is 64.6 Å². The Bertz CT molecular complexity index is 1260. The van der Waals surface area contributed by atoms with Crippen LogP contribution in [0.2, 0.25) is 0 Å². The zero-order chi connectivity index (χ0) is 22.0. The van der Waals surface area contributed by atoms with E-state index < -0.39 is 23.6 Å². The van der Waals surface area contributed by atoms with E-state index in [0.29, 0.717) is 6.42 Å². The van der Waals surface area contributed by atoms with Crippen LogP contribution in [-0.2, 0) is 30.3 Å². The molecule has 0 bridgehead atoms. The molecule has 4 aromatic carbocycles. The van der Waals surface area contributed by atoms with Gasteiger partial charge in [0.1, 0.15) is 5.92 Å². The Hall–Kier alpha value is -3.47. The van der Waals surface area contributed by atoms with Gasteiger partial charge in [0.15, 0.2) is 0 Å². The number of carbonyl (C=O) groups is 3. The molecule has 4 aromatic rings. The van der Waals surface area contributed by atoms with E-state index >= 15 is 0 Å². The number of esters is 2. The van der Waals surface area contributed by atoms with Crippen molar-refractivity contribution in [2.75, 3.05) is 13.2 Å². The fourth-order valence-corrected chi connectivity index (χ4v) is 4.26. The van der Waals surface area contributed by atoms with Crippen molar-refractivity contribution in [3.63, 3.8) is 0 Å². The van der Waals surface area contributed by atoms with Crippen LogP contribution in [0.15, 0.2) is 54.6 Å². The van der Waals surface area contributed by atoms with Crippen molar-refractivity contribution >= 4 is 50.0 Å². The molecule has 0 aromatic heterocycles. The van der Waals surface area contributed by atoms with Crippen LogP contribution in [0, 0.1) is 5.92 Å². The predicted molar refractivity (Wildman–Crippen MR) is 120 cm³/mol. The summed E-state index contributed by atoms with van der Waals surface area (Å²) in [4.78, 5) is 36.9. The third-order valence-corrected chi connectivity index (χ3v) is 5.69. The maximum absolute atomic E-state index is 12.5. The molecule has 0 aliphatic rings. The molecule has 5 heteroatoms. The number of benzene rings is 4. The minimum atomic E-state index is -1.17. The predicted octanol–water partition coefficient (Wildman–Crippen LogP) is 4.83. The molecule has 0 amide bonds. The zero-order valence-corrected chi connectivity index (χ0v) is 17.6. The average Bonchev–Trinajstić information content (AvgIpc) is 2.78. The minimum absolute atomic E-state index is 0.0785. The molecule has 0 spiro atoms. The van der Waals surface area contributed by atoms with Gasteiger partial charge in [0.2, 0.25) is 0 Å². The molecule has 5 nitrogen and oxygen atoms in total. The van der Waals surface area contributed by atoms with Gasteiger partial charge in [-0.3, -0.25) is 9.59 Å². The molecule has 0 saturated heterocycles. The number of hydrogen-bond donors (Lipinski definition) is 0. The van der Waals surface area contributed by atoms with Crippen molar-refractivity contribution in [3.05, 3.63) is 60.2 Å². The van der Waals surface area contributed by atoms with Gasteiger partial charge < -0.3 is 9.47 Å². The van der Waals surface area contributed by atoms with E-state index in [9.17, 15) is 14.4 Å². The molecule has 0 heterocycles. The second-order valence-corrected chi connectivity index (χ2v) is 7.51. The smallest absolute Gasteiger partial charge is 0.375 e. The van der Waals surface area contributed by atoms with Crippen LogP contribution in [0.5, 0.6) is 0 Å². The standard InChI is InChI=1S/C26H24O5/c1-3-30-25(28)21(24(27)26(29)31-4-2)15-12-16-8-9-19-11-10-17-6-5-7-18-13-14-20(16)23(19)22(17)18/h5-11,13-14,21H,3-4,12,15H2,1-2H3/t21-/m0/s1. The molecule has 4 rings (SSSR count). The van der Waals surface area contributed by atoms with E-state index in [4.69, 9.17) is 9.47 Å². The second kappa shape index (κ2) is 8.72. The van der Waals surface area contributed by atoms with Crippen molar-refractivity contribution in [1.82, 2.24) is 0 Å². The Kier molecular flexibility index (Phi) is 5.85. The Labute approximate surface area is 180 Å². The van der Waals surface area contributed by atoms with Gasteiger partial charge in [0.25, 0.3) is 5.78 Å². The van der Waals surface area contributed by atoms with Crippen LogP contribution < -0.4 is 0 Å². The molecule has 1 atom stereocenters. The van der Waals surface area contributed by atoms with Gasteiger partial charge >= 0.3 is 11.9 Å². The van der Waals surface area contributed by atoms with Gasteiger partial charge in [0, 0.05) is 0 Å². The fourth-order valence-electron chi connectivity index (χ4n) is 4.26. The van der Waals surface area contributed by atoms with Gasteiger partial charge in [-0.25, -0.2) is 4.79 Å². The lowest BCUT2D eigenvalue weighted by molar-refractivity contribution is -0.162. The highest BCUT2D eigenvalue weighted by Crippen LogP contribution is 2.36. The first-order valence-electron chi connectivity index (χ1n) is 10.6. The molecule has 0 aliphatic carbocycles. The Morgan fingerprint density at radius 3 is 2.06 bits per heavy atom. The van der Waals surface area contributed by atoms with Crippen molar-refractivity contribution in [1.29, 1.82) is 0 Å². The van der Waals surface area contributed by atoms with E-state index in [2.05, 4.69) is 42.5 Å². The molecular weight excluding hydrogens is 392 g/mol. The molecule has 0 unspecified atom stereocenters. The van der Waals surface area contributed by atoms with Crippen LogP contribution in [0.25, 0.3) is 32.3 Å². The van der Waals surface area contributed by atoms with Gasteiger partial charge in [-0.15, -0.1) is 0 Å². The van der Waals surface area contributed by atoms with Crippen LogP contribution in [0.3, 0.4) is 0 Å². The van der Waals surface area contributed by atoms with E-state index in [0.717, 1.165) is 16.3 Å². The lowest BCUT2D eigenvalue weighted by Gasteiger charge is -2.16. The van der Waals surface area contributed by atoms with Crippen LogP contribution in [0.1, 0.15) is 25.8 Å². The highest BCUT2D eigenvalue weighted by molar-refractivity contribution is 6.37. The monoisotopic (exact) mass is 416 g/mol. The lowest BCUT2D eigenvalue weighted by Crippen LogP contribution is -2.33. The van der Waals surface area contributed by atoms with E-state index in [1.54, 1.807) is 13.8 Å². The molecule has 0 N–H and O–H groups in total. The van der Waals surface area contributed by atoms with Gasteiger partial charge in [-0.2, -0.15) is 0 Å². The average molecular weight is 416 g/mol. The molecule has 158 valence electrons. The summed E-state index contributed by atoms with van der Waals surface area (Å²) in [5, 5.41) is 6.98.